The highest BCUT2D eigenvalue weighted by atomic mass is 31.2. The van der Waals surface area contributed by atoms with Crippen molar-refractivity contribution < 1.29 is 38.5 Å². The Bertz CT molecular complexity index is 323. The van der Waals surface area contributed by atoms with Gasteiger partial charge in [0.25, 0.3) is 0 Å². The minimum absolute atomic E-state index is 0.873. The molecule has 0 spiro atoms. The molecule has 0 aliphatic rings. The van der Waals surface area contributed by atoms with E-state index in [0.29, 0.717) is 0 Å². The third-order valence-corrected chi connectivity index (χ3v) is 3.56. The summed E-state index contributed by atoms with van der Waals surface area (Å²) in [5, 5.41) is 0. The molecule has 0 rings (SSSR count). The molecule has 27 heavy (non-hydrogen) atoms. The largest absolute Gasteiger partial charge is 0.466 e. The van der Waals surface area contributed by atoms with Gasteiger partial charge in [0.05, 0.1) is 0 Å². The molecule has 0 heterocycles. The summed E-state index contributed by atoms with van der Waals surface area (Å²) in [7, 11) is -9.28. The molecule has 0 aromatic rings. The van der Waals surface area contributed by atoms with Crippen LogP contribution in [0.2, 0.25) is 0 Å². The molecule has 11 heteroatoms. The molecule has 9 nitrogen and oxygen atoms in total. The third-order valence-electron chi connectivity index (χ3n) is 3.56. The second-order valence-electron chi connectivity index (χ2n) is 6.41. The van der Waals surface area contributed by atoms with Crippen LogP contribution >= 0.6 is 15.6 Å². The fourth-order valence-electron chi connectivity index (χ4n) is 2.34. The Balaban J connectivity index is -0.000000471. The number of hydrogen-bond acceptors (Lipinski definition) is 3. The summed E-state index contributed by atoms with van der Waals surface area (Å²) in [6.07, 6.45) is 19.9. The van der Waals surface area contributed by atoms with Crippen LogP contribution in [0.4, 0.5) is 0 Å². The van der Waals surface area contributed by atoms with E-state index in [0.717, 1.165) is 6.54 Å². The van der Waals surface area contributed by atoms with Crippen LogP contribution in [-0.2, 0) is 9.13 Å². The van der Waals surface area contributed by atoms with Gasteiger partial charge in [-0.25, -0.2) is 9.13 Å². The molecule has 0 radical (unpaired) electrons. The van der Waals surface area contributed by atoms with Crippen LogP contribution in [-0.4, -0.2) is 35.9 Å². The van der Waals surface area contributed by atoms with Gasteiger partial charge in [-0.1, -0.05) is 90.4 Å². The third kappa shape index (κ3) is 76.1. The van der Waals surface area contributed by atoms with Gasteiger partial charge in [0, 0.05) is 0 Å². The van der Waals surface area contributed by atoms with Crippen molar-refractivity contribution in [1.29, 1.82) is 0 Å². The van der Waals surface area contributed by atoms with E-state index in [1.165, 1.54) is 89.9 Å². The van der Waals surface area contributed by atoms with Crippen LogP contribution in [0.1, 0.15) is 96.8 Å². The number of hydrogen-bond donors (Lipinski definition) is 7. The molecule has 168 valence electrons. The highest BCUT2D eigenvalue weighted by molar-refractivity contribution is 7.45. The molecule has 0 saturated carbocycles. The van der Waals surface area contributed by atoms with Crippen molar-refractivity contribution in [2.45, 2.75) is 96.8 Å². The van der Waals surface area contributed by atoms with Crippen molar-refractivity contribution in [2.24, 2.45) is 5.73 Å². The van der Waals surface area contributed by atoms with Gasteiger partial charge in [0.1, 0.15) is 0 Å². The van der Waals surface area contributed by atoms with E-state index in [1.807, 2.05) is 0 Å². The molecular weight excluding hydrogens is 396 g/mol. The van der Waals surface area contributed by atoms with E-state index in [2.05, 4.69) is 6.92 Å². The lowest BCUT2D eigenvalue weighted by atomic mass is 10.0. The van der Waals surface area contributed by atoms with E-state index in [9.17, 15) is 0 Å². The summed E-state index contributed by atoms with van der Waals surface area (Å²) in [4.78, 5) is 43.1. The van der Waals surface area contributed by atoms with Gasteiger partial charge in [-0.2, -0.15) is 0 Å². The Kier molecular flexibility index (Phi) is 26.5. The van der Waals surface area contributed by atoms with Gasteiger partial charge in [-0.15, -0.1) is 0 Å². The summed E-state index contributed by atoms with van der Waals surface area (Å²) in [6.45, 7) is 3.16. The first kappa shape index (κ1) is 31.9. The Labute approximate surface area is 163 Å². The average molecular weight is 437 g/mol. The Morgan fingerprint density at radius 1 is 0.519 bits per heavy atom. The van der Waals surface area contributed by atoms with Crippen LogP contribution in [0.3, 0.4) is 0 Å². The predicted octanol–water partition coefficient (Wildman–Crippen LogP) is 3.57. The SMILES string of the molecule is CCCCCCCCCCCCCCCCN.O=P(O)(O)O.O=P(O)(O)O. The first-order valence-corrected chi connectivity index (χ1v) is 12.8. The zero-order chi connectivity index (χ0) is 21.6. The number of unbranched alkanes of at least 4 members (excludes halogenated alkanes) is 13. The number of rotatable bonds is 14. The quantitative estimate of drug-likeness (QED) is 0.158. The molecule has 0 fully saturated rings. The van der Waals surface area contributed by atoms with Gasteiger partial charge < -0.3 is 35.1 Å². The summed E-state index contributed by atoms with van der Waals surface area (Å²) in [5.74, 6) is 0. The second-order valence-corrected chi connectivity index (χ2v) is 8.46. The normalized spacial score (nSPS) is 11.3. The lowest BCUT2D eigenvalue weighted by Gasteiger charge is -2.02. The zero-order valence-electron chi connectivity index (χ0n) is 16.6. The van der Waals surface area contributed by atoms with Crippen molar-refractivity contribution in [3.05, 3.63) is 0 Å². The zero-order valence-corrected chi connectivity index (χ0v) is 18.4. The maximum Gasteiger partial charge on any atom is 0.466 e. The van der Waals surface area contributed by atoms with E-state index >= 15 is 0 Å². The van der Waals surface area contributed by atoms with Crippen molar-refractivity contribution in [3.8, 4) is 0 Å². The summed E-state index contributed by atoms with van der Waals surface area (Å²) >= 11 is 0. The Hall–Kier alpha value is 0.180. The first-order valence-electron chi connectivity index (χ1n) is 9.68. The highest BCUT2D eigenvalue weighted by Crippen LogP contribution is 2.26. The van der Waals surface area contributed by atoms with Crippen LogP contribution < -0.4 is 5.73 Å². The molecule has 0 aromatic carbocycles. The van der Waals surface area contributed by atoms with E-state index < -0.39 is 15.6 Å². The predicted molar refractivity (Wildman–Crippen MR) is 108 cm³/mol. The number of nitrogens with two attached hydrogens (primary N) is 1. The Morgan fingerprint density at radius 2 is 0.704 bits per heavy atom. The molecule has 0 unspecified atom stereocenters. The molecule has 0 aliphatic heterocycles. The smallest absolute Gasteiger partial charge is 0.330 e. The molecule has 8 N–H and O–H groups in total. The topological polar surface area (TPSA) is 182 Å². The standard InChI is InChI=1S/C16H35N.2H3O4P/c1-2-3-4-5-6-7-8-9-10-11-12-13-14-15-16-17;2*1-5(2,3)4/h2-17H2,1H3;2*(H3,1,2,3,4). The Morgan fingerprint density at radius 3 is 0.889 bits per heavy atom. The van der Waals surface area contributed by atoms with Crippen molar-refractivity contribution in [3.63, 3.8) is 0 Å². The summed E-state index contributed by atoms with van der Waals surface area (Å²) in [6, 6.07) is 0. The lowest BCUT2D eigenvalue weighted by Crippen LogP contribution is -1.97. The highest BCUT2D eigenvalue weighted by Gasteiger charge is 2.00. The maximum absolute atomic E-state index is 8.88. The van der Waals surface area contributed by atoms with Crippen LogP contribution in [0.5, 0.6) is 0 Å². The van der Waals surface area contributed by atoms with Crippen molar-refractivity contribution in [2.75, 3.05) is 6.54 Å². The number of phosphoric acid groups is 2. The van der Waals surface area contributed by atoms with E-state index in [1.54, 1.807) is 0 Å². The summed E-state index contributed by atoms with van der Waals surface area (Å²) < 4.78 is 17.8. The van der Waals surface area contributed by atoms with Gasteiger partial charge in [0.2, 0.25) is 0 Å². The molecule has 0 saturated heterocycles. The molecule has 0 bridgehead atoms. The molecule has 0 aromatic heterocycles. The molecule has 0 aliphatic carbocycles. The van der Waals surface area contributed by atoms with E-state index in [4.69, 9.17) is 44.2 Å². The maximum atomic E-state index is 8.88. The van der Waals surface area contributed by atoms with Crippen molar-refractivity contribution in [1.82, 2.24) is 0 Å². The minimum Gasteiger partial charge on any atom is -0.330 e. The average Bonchev–Trinajstić information content (AvgIpc) is 2.49. The first-order chi connectivity index (χ1) is 12.4. The lowest BCUT2D eigenvalue weighted by molar-refractivity contribution is 0.272. The fraction of sp³-hybridized carbons (Fsp3) is 1.00. The minimum atomic E-state index is -4.64. The van der Waals surface area contributed by atoms with Gasteiger partial charge >= 0.3 is 15.6 Å². The van der Waals surface area contributed by atoms with Gasteiger partial charge in [0.15, 0.2) is 0 Å². The monoisotopic (exact) mass is 437 g/mol. The van der Waals surface area contributed by atoms with Crippen LogP contribution in [0, 0.1) is 0 Å². The molecule has 0 atom stereocenters. The second kappa shape index (κ2) is 22.5. The van der Waals surface area contributed by atoms with E-state index in [-0.39, 0.29) is 0 Å². The van der Waals surface area contributed by atoms with Crippen LogP contribution in [0.25, 0.3) is 0 Å². The molecule has 0 amide bonds. The molecular formula is C16H41NO8P2. The van der Waals surface area contributed by atoms with Crippen molar-refractivity contribution >= 4 is 15.6 Å². The van der Waals surface area contributed by atoms with Gasteiger partial charge in [-0.3, -0.25) is 0 Å². The summed E-state index contributed by atoms with van der Waals surface area (Å²) in [5.41, 5.74) is 5.47. The van der Waals surface area contributed by atoms with Gasteiger partial charge in [-0.05, 0) is 13.0 Å². The fourth-order valence-corrected chi connectivity index (χ4v) is 2.34. The van der Waals surface area contributed by atoms with Crippen LogP contribution in [0.15, 0.2) is 0 Å².